The van der Waals surface area contributed by atoms with E-state index in [0.29, 0.717) is 16.8 Å². The smallest absolute Gasteiger partial charge is 0.416 e. The zero-order chi connectivity index (χ0) is 18.3. The van der Waals surface area contributed by atoms with Gasteiger partial charge >= 0.3 is 6.09 Å². The van der Waals surface area contributed by atoms with Crippen LogP contribution in [0.5, 0.6) is 0 Å². The third-order valence-electron chi connectivity index (χ3n) is 3.31. The van der Waals surface area contributed by atoms with Crippen molar-refractivity contribution in [3.05, 3.63) is 29.3 Å². The molecule has 0 saturated carbocycles. The lowest BCUT2D eigenvalue weighted by atomic mass is 9.99. The van der Waals surface area contributed by atoms with E-state index in [1.54, 1.807) is 39.0 Å². The van der Waals surface area contributed by atoms with Crippen molar-refractivity contribution in [1.82, 2.24) is 4.90 Å². The molecule has 0 aromatic heterocycles. The Bertz CT molecular complexity index is 616. The third-order valence-corrected chi connectivity index (χ3v) is 3.31. The van der Waals surface area contributed by atoms with Gasteiger partial charge in [-0.2, -0.15) is 0 Å². The summed E-state index contributed by atoms with van der Waals surface area (Å²) in [6.07, 6.45) is 0.262. The Morgan fingerprint density at radius 2 is 2.08 bits per heavy atom. The molecule has 0 aliphatic carbocycles. The van der Waals surface area contributed by atoms with Crippen LogP contribution in [-0.2, 0) is 16.0 Å². The predicted octanol–water partition coefficient (Wildman–Crippen LogP) is 1.34. The van der Waals surface area contributed by atoms with Crippen molar-refractivity contribution >= 4 is 23.9 Å². The number of hydrogen-bond acceptors (Lipinski definition) is 7. The normalized spacial score (nSPS) is 12.4. The molecule has 0 radical (unpaired) electrons. The standard InChI is InChI=1S/C16H24N4O4/c1-4-20(16(22)24-10(2)3)15(21)14(18)8-11-6-5-7-13(17)12(11)9-19-23/h5-7,9-10,14,23H,4,8,17-18H2,1-3H3/t14-/m0/s1. The number of likely N-dealkylation sites (N-methyl/N-ethyl adjacent to an activating group) is 1. The summed E-state index contributed by atoms with van der Waals surface area (Å²) in [4.78, 5) is 25.4. The van der Waals surface area contributed by atoms with Gasteiger partial charge in [0.25, 0.3) is 0 Å². The highest BCUT2D eigenvalue weighted by molar-refractivity contribution is 5.95. The largest absolute Gasteiger partial charge is 0.446 e. The second kappa shape index (κ2) is 8.88. The van der Waals surface area contributed by atoms with Gasteiger partial charge in [-0.15, -0.1) is 0 Å². The molecule has 0 spiro atoms. The summed E-state index contributed by atoms with van der Waals surface area (Å²) in [6, 6.07) is 4.12. The molecule has 132 valence electrons. The van der Waals surface area contributed by atoms with Crippen LogP contribution in [0.2, 0.25) is 0 Å². The number of amides is 2. The van der Waals surface area contributed by atoms with Crippen molar-refractivity contribution in [3.8, 4) is 0 Å². The minimum atomic E-state index is -0.961. The van der Waals surface area contributed by atoms with Crippen LogP contribution in [0.3, 0.4) is 0 Å². The quantitative estimate of drug-likeness (QED) is 0.311. The second-order valence-electron chi connectivity index (χ2n) is 5.49. The number of nitrogens with two attached hydrogens (primary N) is 2. The van der Waals surface area contributed by atoms with Gasteiger partial charge in [-0.25, -0.2) is 9.69 Å². The third kappa shape index (κ3) is 4.95. The molecule has 8 nitrogen and oxygen atoms in total. The van der Waals surface area contributed by atoms with Crippen LogP contribution < -0.4 is 11.5 Å². The number of imide groups is 1. The minimum absolute atomic E-state index is 0.136. The molecule has 0 saturated heterocycles. The van der Waals surface area contributed by atoms with Crippen LogP contribution in [0.1, 0.15) is 31.9 Å². The Morgan fingerprint density at radius 3 is 2.62 bits per heavy atom. The van der Waals surface area contributed by atoms with Crippen LogP contribution in [0.25, 0.3) is 0 Å². The maximum Gasteiger partial charge on any atom is 0.416 e. The number of carbonyl (C=O) groups is 2. The molecule has 0 aliphatic heterocycles. The average Bonchev–Trinajstić information content (AvgIpc) is 2.50. The molecular formula is C16H24N4O4. The van der Waals surface area contributed by atoms with Gasteiger partial charge in [0.05, 0.1) is 18.4 Å². The van der Waals surface area contributed by atoms with Crippen LogP contribution in [0, 0.1) is 0 Å². The number of hydrogen-bond donors (Lipinski definition) is 3. The van der Waals surface area contributed by atoms with E-state index in [1.165, 1.54) is 6.21 Å². The highest BCUT2D eigenvalue weighted by Gasteiger charge is 2.27. The summed E-state index contributed by atoms with van der Waals surface area (Å²) in [5.74, 6) is -0.544. The molecule has 5 N–H and O–H groups in total. The number of benzene rings is 1. The molecule has 0 unspecified atom stereocenters. The van der Waals surface area contributed by atoms with Crippen molar-refractivity contribution in [1.29, 1.82) is 0 Å². The fourth-order valence-electron chi connectivity index (χ4n) is 2.19. The van der Waals surface area contributed by atoms with Gasteiger partial charge in [-0.1, -0.05) is 17.3 Å². The highest BCUT2D eigenvalue weighted by atomic mass is 16.6. The molecule has 2 amide bonds. The molecule has 1 aromatic carbocycles. The van der Waals surface area contributed by atoms with E-state index < -0.39 is 18.0 Å². The zero-order valence-corrected chi connectivity index (χ0v) is 14.1. The van der Waals surface area contributed by atoms with Gasteiger partial charge in [0, 0.05) is 17.8 Å². The average molecular weight is 336 g/mol. The Labute approximate surface area is 141 Å². The molecule has 0 fully saturated rings. The fourth-order valence-corrected chi connectivity index (χ4v) is 2.19. The van der Waals surface area contributed by atoms with Crippen LogP contribution in [0.4, 0.5) is 10.5 Å². The summed E-state index contributed by atoms with van der Waals surface area (Å²) >= 11 is 0. The molecular weight excluding hydrogens is 312 g/mol. The Kier molecular flexibility index (Phi) is 7.19. The van der Waals surface area contributed by atoms with Crippen molar-refractivity contribution < 1.29 is 19.5 Å². The van der Waals surface area contributed by atoms with E-state index in [-0.39, 0.29) is 19.1 Å². The van der Waals surface area contributed by atoms with Crippen molar-refractivity contribution in [2.24, 2.45) is 10.9 Å². The van der Waals surface area contributed by atoms with E-state index >= 15 is 0 Å². The van der Waals surface area contributed by atoms with Gasteiger partial charge in [0.1, 0.15) is 0 Å². The molecule has 1 aromatic rings. The number of anilines is 1. The van der Waals surface area contributed by atoms with E-state index in [1.807, 2.05) is 0 Å². The number of carbonyl (C=O) groups excluding carboxylic acids is 2. The van der Waals surface area contributed by atoms with E-state index in [2.05, 4.69) is 5.16 Å². The first-order valence-electron chi connectivity index (χ1n) is 7.64. The number of ether oxygens (including phenoxy) is 1. The molecule has 8 heteroatoms. The van der Waals surface area contributed by atoms with Gasteiger partial charge in [0.2, 0.25) is 5.91 Å². The fraction of sp³-hybridized carbons (Fsp3) is 0.438. The molecule has 0 bridgehead atoms. The van der Waals surface area contributed by atoms with E-state index in [9.17, 15) is 9.59 Å². The lowest BCUT2D eigenvalue weighted by molar-refractivity contribution is -0.130. The molecule has 1 atom stereocenters. The number of nitrogens with zero attached hydrogens (tertiary/aromatic N) is 2. The maximum absolute atomic E-state index is 12.4. The predicted molar refractivity (Wildman–Crippen MR) is 90.9 cm³/mol. The molecule has 24 heavy (non-hydrogen) atoms. The number of nitrogen functional groups attached to an aromatic ring is 1. The van der Waals surface area contributed by atoms with E-state index in [0.717, 1.165) is 4.90 Å². The molecule has 0 aliphatic rings. The molecule has 1 rings (SSSR count). The lowest BCUT2D eigenvalue weighted by Gasteiger charge is -2.23. The maximum atomic E-state index is 12.4. The van der Waals surface area contributed by atoms with E-state index in [4.69, 9.17) is 21.4 Å². The lowest BCUT2D eigenvalue weighted by Crippen LogP contribution is -2.48. The van der Waals surface area contributed by atoms with Crippen molar-refractivity contribution in [2.75, 3.05) is 12.3 Å². The van der Waals surface area contributed by atoms with Crippen LogP contribution >= 0.6 is 0 Å². The number of oxime groups is 1. The Hall–Kier alpha value is -2.61. The highest BCUT2D eigenvalue weighted by Crippen LogP contribution is 2.17. The summed E-state index contributed by atoms with van der Waals surface area (Å²) < 4.78 is 5.04. The molecule has 0 heterocycles. The van der Waals surface area contributed by atoms with Gasteiger partial charge < -0.3 is 21.4 Å². The SMILES string of the molecule is CCN(C(=O)OC(C)C)C(=O)[C@@H](N)Cc1cccc(N)c1C=NO. The van der Waals surface area contributed by atoms with Gasteiger partial charge in [-0.3, -0.25) is 4.79 Å². The minimum Gasteiger partial charge on any atom is -0.446 e. The summed E-state index contributed by atoms with van der Waals surface area (Å²) in [6.45, 7) is 5.21. The van der Waals surface area contributed by atoms with Gasteiger partial charge in [-0.05, 0) is 38.8 Å². The Morgan fingerprint density at radius 1 is 1.42 bits per heavy atom. The summed E-state index contributed by atoms with van der Waals surface area (Å²) in [7, 11) is 0. The van der Waals surface area contributed by atoms with Crippen LogP contribution in [0.15, 0.2) is 23.4 Å². The second-order valence-corrected chi connectivity index (χ2v) is 5.49. The monoisotopic (exact) mass is 336 g/mol. The first-order chi connectivity index (χ1) is 11.3. The summed E-state index contributed by atoms with van der Waals surface area (Å²) in [5, 5.41) is 11.7. The first-order valence-corrected chi connectivity index (χ1v) is 7.64. The van der Waals surface area contributed by atoms with Crippen molar-refractivity contribution in [3.63, 3.8) is 0 Å². The van der Waals surface area contributed by atoms with Crippen LogP contribution in [-0.4, -0.2) is 47.0 Å². The van der Waals surface area contributed by atoms with Crippen molar-refractivity contribution in [2.45, 2.75) is 39.3 Å². The summed E-state index contributed by atoms with van der Waals surface area (Å²) in [5.41, 5.74) is 13.3. The zero-order valence-electron chi connectivity index (χ0n) is 14.1. The number of rotatable bonds is 6. The Balaban J connectivity index is 2.94. The van der Waals surface area contributed by atoms with Gasteiger partial charge in [0.15, 0.2) is 0 Å². The first kappa shape index (κ1) is 19.4. The topological polar surface area (TPSA) is 131 Å².